The molecule has 1 N–H and O–H groups in total. The first-order valence-corrected chi connectivity index (χ1v) is 11.3. The van der Waals surface area contributed by atoms with E-state index in [-0.39, 0.29) is 19.3 Å². The van der Waals surface area contributed by atoms with Crippen LogP contribution in [0.3, 0.4) is 0 Å². The van der Waals surface area contributed by atoms with Gasteiger partial charge in [0.2, 0.25) is 12.7 Å². The van der Waals surface area contributed by atoms with Gasteiger partial charge in [-0.3, -0.25) is 4.79 Å². The standard InChI is InChI=1S/C22H23N3O5S/c26-20(12-27-16-7-8-17-18(10-16)29-13-28-17)23-11-14-3-5-15(6-4-14)21-24-25-22(30-21)19-2-1-9-31-19/h1-2,7-10,14-15H,3-6,11-13H2,(H,23,26). The van der Waals surface area contributed by atoms with Crippen LogP contribution >= 0.6 is 11.3 Å². The van der Waals surface area contributed by atoms with Crippen LogP contribution in [0.25, 0.3) is 10.8 Å². The van der Waals surface area contributed by atoms with Crippen molar-refractivity contribution < 1.29 is 23.4 Å². The lowest BCUT2D eigenvalue weighted by Crippen LogP contribution is -2.34. The van der Waals surface area contributed by atoms with E-state index in [1.54, 1.807) is 29.5 Å². The van der Waals surface area contributed by atoms with Crippen molar-refractivity contribution in [1.82, 2.24) is 15.5 Å². The van der Waals surface area contributed by atoms with Crippen LogP contribution in [0, 0.1) is 5.92 Å². The number of rotatable bonds is 7. The van der Waals surface area contributed by atoms with Crippen LogP contribution in [0.1, 0.15) is 37.5 Å². The van der Waals surface area contributed by atoms with Gasteiger partial charge in [-0.05, 0) is 55.2 Å². The van der Waals surface area contributed by atoms with E-state index in [1.165, 1.54) is 0 Å². The summed E-state index contributed by atoms with van der Waals surface area (Å²) < 4.78 is 22.0. The molecule has 2 aliphatic rings. The average molecular weight is 442 g/mol. The minimum atomic E-state index is -0.128. The molecule has 0 spiro atoms. The maximum Gasteiger partial charge on any atom is 0.257 e. The highest BCUT2D eigenvalue weighted by Gasteiger charge is 2.27. The highest BCUT2D eigenvalue weighted by molar-refractivity contribution is 7.13. The Morgan fingerprint density at radius 2 is 2.00 bits per heavy atom. The van der Waals surface area contributed by atoms with E-state index in [9.17, 15) is 4.79 Å². The summed E-state index contributed by atoms with van der Waals surface area (Å²) in [5.41, 5.74) is 0. The molecule has 0 radical (unpaired) electrons. The Balaban J connectivity index is 1.04. The van der Waals surface area contributed by atoms with Crippen molar-refractivity contribution in [1.29, 1.82) is 0 Å². The zero-order chi connectivity index (χ0) is 21.0. The van der Waals surface area contributed by atoms with E-state index >= 15 is 0 Å². The summed E-state index contributed by atoms with van der Waals surface area (Å²) >= 11 is 1.59. The Kier molecular flexibility index (Phi) is 5.75. The molecular formula is C22H23N3O5S. The van der Waals surface area contributed by atoms with Crippen molar-refractivity contribution in [2.45, 2.75) is 31.6 Å². The van der Waals surface area contributed by atoms with E-state index in [4.69, 9.17) is 18.6 Å². The van der Waals surface area contributed by atoms with Crippen molar-refractivity contribution in [3.8, 4) is 28.0 Å². The van der Waals surface area contributed by atoms with Crippen molar-refractivity contribution in [2.24, 2.45) is 5.92 Å². The number of fused-ring (bicyclic) bond motifs is 1. The molecule has 1 aliphatic carbocycles. The predicted octanol–water partition coefficient (Wildman–Crippen LogP) is 4.00. The van der Waals surface area contributed by atoms with Crippen LogP contribution in [0.5, 0.6) is 17.2 Å². The second-order valence-corrected chi connectivity index (χ2v) is 8.70. The largest absolute Gasteiger partial charge is 0.484 e. The molecule has 2 aromatic heterocycles. The number of aromatic nitrogens is 2. The van der Waals surface area contributed by atoms with Crippen LogP contribution in [0.2, 0.25) is 0 Å². The SMILES string of the molecule is O=C(COc1ccc2c(c1)OCO2)NCC1CCC(c2nnc(-c3cccs3)o2)CC1. The van der Waals surface area contributed by atoms with Crippen molar-refractivity contribution in [3.63, 3.8) is 0 Å². The number of thiophene rings is 1. The minimum Gasteiger partial charge on any atom is -0.484 e. The molecule has 0 bridgehead atoms. The van der Waals surface area contributed by atoms with Gasteiger partial charge in [0, 0.05) is 18.5 Å². The minimum absolute atomic E-state index is 0.0253. The van der Waals surface area contributed by atoms with Crippen LogP contribution in [0.4, 0.5) is 0 Å². The topological polar surface area (TPSA) is 95.7 Å². The van der Waals surface area contributed by atoms with Gasteiger partial charge in [0.05, 0.1) is 4.88 Å². The number of hydrogen-bond acceptors (Lipinski definition) is 8. The Labute approximate surface area is 183 Å². The van der Waals surface area contributed by atoms with Gasteiger partial charge >= 0.3 is 0 Å². The molecule has 0 atom stereocenters. The van der Waals surface area contributed by atoms with Crippen molar-refractivity contribution in [3.05, 3.63) is 41.6 Å². The fourth-order valence-electron chi connectivity index (χ4n) is 3.94. The third-order valence-electron chi connectivity index (χ3n) is 5.67. The molecule has 1 amide bonds. The maximum absolute atomic E-state index is 12.2. The van der Waals surface area contributed by atoms with Gasteiger partial charge in [0.25, 0.3) is 11.8 Å². The number of ether oxygens (including phenoxy) is 3. The first-order valence-electron chi connectivity index (χ1n) is 10.4. The van der Waals surface area contributed by atoms with Crippen LogP contribution in [-0.2, 0) is 4.79 Å². The summed E-state index contributed by atoms with van der Waals surface area (Å²) in [5.74, 6) is 3.85. The first-order chi connectivity index (χ1) is 15.2. The van der Waals surface area contributed by atoms with Crippen LogP contribution in [0.15, 0.2) is 40.1 Å². The molecule has 1 aliphatic heterocycles. The van der Waals surface area contributed by atoms with Crippen LogP contribution in [-0.4, -0.2) is 36.0 Å². The molecule has 1 fully saturated rings. The lowest BCUT2D eigenvalue weighted by Gasteiger charge is -2.26. The summed E-state index contributed by atoms with van der Waals surface area (Å²) in [7, 11) is 0. The predicted molar refractivity (Wildman–Crippen MR) is 113 cm³/mol. The highest BCUT2D eigenvalue weighted by Crippen LogP contribution is 2.37. The summed E-state index contributed by atoms with van der Waals surface area (Å²) in [5, 5.41) is 13.4. The number of hydrogen-bond donors (Lipinski definition) is 1. The molecule has 1 saturated carbocycles. The Hall–Kier alpha value is -3.07. The first kappa shape index (κ1) is 19.9. The highest BCUT2D eigenvalue weighted by atomic mass is 32.1. The third kappa shape index (κ3) is 4.66. The number of nitrogens with one attached hydrogen (secondary N) is 1. The molecule has 1 aromatic carbocycles. The van der Waals surface area contributed by atoms with Crippen LogP contribution < -0.4 is 19.5 Å². The average Bonchev–Trinajstić information content (AvgIpc) is 3.57. The Morgan fingerprint density at radius 1 is 1.13 bits per heavy atom. The Morgan fingerprint density at radius 3 is 2.84 bits per heavy atom. The van der Waals surface area contributed by atoms with Crippen molar-refractivity contribution >= 4 is 17.2 Å². The zero-order valence-electron chi connectivity index (χ0n) is 16.9. The quantitative estimate of drug-likeness (QED) is 0.592. The molecule has 3 aromatic rings. The smallest absolute Gasteiger partial charge is 0.257 e. The van der Waals surface area contributed by atoms with Gasteiger partial charge < -0.3 is 23.9 Å². The lowest BCUT2D eigenvalue weighted by molar-refractivity contribution is -0.123. The monoisotopic (exact) mass is 441 g/mol. The van der Waals surface area contributed by atoms with E-state index in [1.807, 2.05) is 17.5 Å². The summed E-state index contributed by atoms with van der Waals surface area (Å²) in [6.45, 7) is 0.840. The lowest BCUT2D eigenvalue weighted by atomic mass is 9.82. The van der Waals surface area contributed by atoms with E-state index in [0.29, 0.717) is 41.5 Å². The molecule has 0 saturated heterocycles. The molecule has 0 unspecified atom stereocenters. The van der Waals surface area contributed by atoms with Crippen molar-refractivity contribution in [2.75, 3.05) is 19.9 Å². The number of nitrogens with zero attached hydrogens (tertiary/aromatic N) is 2. The molecule has 31 heavy (non-hydrogen) atoms. The van der Waals surface area contributed by atoms with Gasteiger partial charge in [-0.1, -0.05) is 6.07 Å². The number of carbonyl (C=O) groups excluding carboxylic acids is 1. The van der Waals surface area contributed by atoms with E-state index < -0.39 is 0 Å². The van der Waals surface area contributed by atoms with Gasteiger partial charge in [-0.2, -0.15) is 0 Å². The molecule has 5 rings (SSSR count). The summed E-state index contributed by atoms with van der Waals surface area (Å²) in [4.78, 5) is 13.2. The normalized spacial score (nSPS) is 19.9. The van der Waals surface area contributed by atoms with Gasteiger partial charge in [-0.15, -0.1) is 21.5 Å². The number of amides is 1. The molecule has 162 valence electrons. The van der Waals surface area contributed by atoms with Gasteiger partial charge in [-0.25, -0.2) is 0 Å². The molecule has 9 heteroatoms. The van der Waals surface area contributed by atoms with E-state index in [0.717, 1.165) is 36.5 Å². The fraction of sp³-hybridized carbons (Fsp3) is 0.409. The van der Waals surface area contributed by atoms with E-state index in [2.05, 4.69) is 15.5 Å². The summed E-state index contributed by atoms with van der Waals surface area (Å²) in [6.07, 6.45) is 4.01. The Bertz CT molecular complexity index is 1030. The maximum atomic E-state index is 12.2. The number of benzene rings is 1. The second-order valence-electron chi connectivity index (χ2n) is 7.75. The molecule has 8 nitrogen and oxygen atoms in total. The summed E-state index contributed by atoms with van der Waals surface area (Å²) in [6, 6.07) is 9.24. The molecular weight excluding hydrogens is 418 g/mol. The molecule has 3 heterocycles. The second kappa shape index (κ2) is 8.97. The van der Waals surface area contributed by atoms with Gasteiger partial charge in [0.1, 0.15) is 5.75 Å². The van der Waals surface area contributed by atoms with Gasteiger partial charge in [0.15, 0.2) is 18.1 Å². The number of carbonyl (C=O) groups is 1. The zero-order valence-corrected chi connectivity index (χ0v) is 17.7. The third-order valence-corrected chi connectivity index (χ3v) is 6.53. The fourth-order valence-corrected chi connectivity index (χ4v) is 4.58.